The van der Waals surface area contributed by atoms with Crippen LogP contribution >= 0.6 is 11.6 Å². The van der Waals surface area contributed by atoms with Crippen molar-refractivity contribution >= 4 is 34.7 Å². The minimum Gasteiger partial charge on any atom is -0.494 e. The van der Waals surface area contributed by atoms with E-state index >= 15 is 0 Å². The average Bonchev–Trinajstić information content (AvgIpc) is 3.22. The van der Waals surface area contributed by atoms with E-state index in [1.165, 1.54) is 0 Å². The number of imidazole rings is 1. The molecule has 0 aliphatic carbocycles. The van der Waals surface area contributed by atoms with Crippen molar-refractivity contribution in [3.05, 3.63) is 71.6 Å². The summed E-state index contributed by atoms with van der Waals surface area (Å²) in [6.45, 7) is 2.12. The third kappa shape index (κ3) is 4.91. The Morgan fingerprint density at radius 2 is 1.92 bits per heavy atom. The number of alkyl halides is 1. The smallest absolute Gasteiger partial charge is 0.242 e. The van der Waals surface area contributed by atoms with Gasteiger partial charge in [0.1, 0.15) is 5.75 Å². The van der Waals surface area contributed by atoms with Crippen LogP contribution in [0.4, 0.5) is 18.9 Å². The van der Waals surface area contributed by atoms with E-state index in [2.05, 4.69) is 15.5 Å². The fraction of sp³-hybridized carbons (Fsp3) is 0.280. The Bertz CT molecular complexity index is 1420. The zero-order valence-electron chi connectivity index (χ0n) is 19.9. The summed E-state index contributed by atoms with van der Waals surface area (Å²) in [4.78, 5) is 23.1. The van der Waals surface area contributed by atoms with E-state index in [1.807, 2.05) is 23.8 Å². The fourth-order valence-corrected chi connectivity index (χ4v) is 4.80. The number of aromatic nitrogens is 2. The number of hydrogen-bond donors (Lipinski definition) is 1. The summed E-state index contributed by atoms with van der Waals surface area (Å²) < 4.78 is 49.1. The number of benzene rings is 2. The molecule has 192 valence electrons. The summed E-state index contributed by atoms with van der Waals surface area (Å²) in [5, 5.41) is 3.80. The number of nitrogens with one attached hydrogen (secondary N) is 1. The van der Waals surface area contributed by atoms with Crippen LogP contribution in [-0.4, -0.2) is 50.9 Å². The van der Waals surface area contributed by atoms with Gasteiger partial charge in [-0.3, -0.25) is 4.79 Å². The van der Waals surface area contributed by atoms with Crippen LogP contribution in [0.2, 0.25) is 0 Å². The van der Waals surface area contributed by atoms with Gasteiger partial charge in [0.05, 0.1) is 54.1 Å². The van der Waals surface area contributed by atoms with Gasteiger partial charge in [-0.1, -0.05) is 0 Å². The van der Waals surface area contributed by atoms with Crippen molar-refractivity contribution in [1.29, 1.82) is 0 Å². The second-order valence-electron chi connectivity index (χ2n) is 8.78. The number of hydrazone groups is 1. The largest absolute Gasteiger partial charge is 0.494 e. The number of amides is 1. The Kier molecular flexibility index (Phi) is 6.63. The lowest BCUT2D eigenvalue weighted by Crippen LogP contribution is -2.48. The number of methoxy groups -OCH3 is 1. The first-order valence-corrected chi connectivity index (χ1v) is 11.9. The Morgan fingerprint density at radius 1 is 1.16 bits per heavy atom. The molecule has 2 aromatic carbocycles. The van der Waals surface area contributed by atoms with Gasteiger partial charge in [0.25, 0.3) is 0 Å². The van der Waals surface area contributed by atoms with Crippen LogP contribution in [0.15, 0.2) is 52.9 Å². The van der Waals surface area contributed by atoms with Crippen LogP contribution in [0, 0.1) is 24.4 Å². The number of amidine groups is 1. The number of piperidine rings is 1. The van der Waals surface area contributed by atoms with E-state index < -0.39 is 34.8 Å². The number of aryl methyl sites for hydroxylation is 1. The molecule has 2 atom stereocenters. The molecule has 12 heteroatoms. The van der Waals surface area contributed by atoms with Crippen LogP contribution in [0.1, 0.15) is 30.1 Å². The number of aliphatic imine (C=N–C) groups is 1. The zero-order chi connectivity index (χ0) is 26.3. The third-order valence-electron chi connectivity index (χ3n) is 6.19. The Labute approximate surface area is 215 Å². The fourth-order valence-electron chi connectivity index (χ4n) is 4.50. The van der Waals surface area contributed by atoms with Crippen LogP contribution in [-0.2, 0) is 4.79 Å². The van der Waals surface area contributed by atoms with Gasteiger partial charge in [-0.15, -0.1) is 11.6 Å². The first-order chi connectivity index (χ1) is 17.7. The maximum atomic E-state index is 14.1. The van der Waals surface area contributed by atoms with Gasteiger partial charge < -0.3 is 14.2 Å². The molecule has 0 saturated carbocycles. The number of nitrogens with zero attached hydrogens (tertiary/aromatic N) is 5. The van der Waals surface area contributed by atoms with Crippen molar-refractivity contribution in [3.8, 4) is 11.4 Å². The number of carbonyl (C=O) groups excluding carboxylic acids is 1. The molecule has 37 heavy (non-hydrogen) atoms. The molecule has 3 aromatic rings. The monoisotopic (exact) mass is 530 g/mol. The minimum atomic E-state index is -1.57. The van der Waals surface area contributed by atoms with Gasteiger partial charge in [-0.05, 0) is 36.8 Å². The second kappa shape index (κ2) is 9.89. The molecular formula is C25H22ClF3N6O2. The van der Waals surface area contributed by atoms with Gasteiger partial charge in [-0.25, -0.2) is 28.6 Å². The van der Waals surface area contributed by atoms with Crippen molar-refractivity contribution in [2.75, 3.05) is 13.7 Å². The van der Waals surface area contributed by atoms with Gasteiger partial charge in [-0.2, -0.15) is 5.10 Å². The second-order valence-corrected chi connectivity index (χ2v) is 9.40. The van der Waals surface area contributed by atoms with Crippen molar-refractivity contribution in [3.63, 3.8) is 0 Å². The van der Waals surface area contributed by atoms with E-state index in [4.69, 9.17) is 21.3 Å². The molecule has 2 unspecified atom stereocenters. The molecule has 3 heterocycles. The van der Waals surface area contributed by atoms with Gasteiger partial charge in [0.2, 0.25) is 5.91 Å². The molecule has 5 rings (SSSR count). The summed E-state index contributed by atoms with van der Waals surface area (Å²) in [5.41, 5.74) is 5.19. The lowest BCUT2D eigenvalue weighted by molar-refractivity contribution is -0.121. The van der Waals surface area contributed by atoms with Crippen LogP contribution in [0.3, 0.4) is 0 Å². The van der Waals surface area contributed by atoms with Crippen LogP contribution < -0.4 is 10.2 Å². The number of halogens is 4. The maximum Gasteiger partial charge on any atom is 0.242 e. The molecule has 1 saturated heterocycles. The first-order valence-electron chi connectivity index (χ1n) is 11.4. The van der Waals surface area contributed by atoms with E-state index in [-0.39, 0.29) is 18.5 Å². The third-order valence-corrected chi connectivity index (χ3v) is 6.48. The van der Waals surface area contributed by atoms with E-state index in [1.54, 1.807) is 30.5 Å². The highest BCUT2D eigenvalue weighted by molar-refractivity contribution is 6.44. The molecule has 2 aliphatic heterocycles. The van der Waals surface area contributed by atoms with Crippen LogP contribution in [0.25, 0.3) is 5.69 Å². The van der Waals surface area contributed by atoms with Gasteiger partial charge in [0.15, 0.2) is 23.3 Å². The summed E-state index contributed by atoms with van der Waals surface area (Å²) in [6.07, 6.45) is 3.71. The lowest BCUT2D eigenvalue weighted by atomic mass is 9.97. The SMILES string of the molecule is COc1cc(N=C2CC(Cl)CN3C2=NNC(=O)CC3c2cc(F)c(F)c(F)c2)ccc1-n1cnc(C)c1. The van der Waals surface area contributed by atoms with E-state index in [9.17, 15) is 18.0 Å². The van der Waals surface area contributed by atoms with E-state index in [0.717, 1.165) is 23.5 Å². The summed E-state index contributed by atoms with van der Waals surface area (Å²) in [7, 11) is 1.55. The maximum absolute atomic E-state index is 14.1. The number of carbonyl (C=O) groups is 1. The van der Waals surface area contributed by atoms with E-state index in [0.29, 0.717) is 29.4 Å². The zero-order valence-corrected chi connectivity index (χ0v) is 20.6. The highest BCUT2D eigenvalue weighted by Gasteiger charge is 2.37. The Hall–Kier alpha value is -3.86. The number of fused-ring (bicyclic) bond motifs is 1. The molecule has 0 radical (unpaired) electrons. The molecular weight excluding hydrogens is 509 g/mol. The minimum absolute atomic E-state index is 0.0907. The summed E-state index contributed by atoms with van der Waals surface area (Å²) in [5.74, 6) is -3.86. The Balaban J connectivity index is 1.54. The standard InChI is InChI=1S/C25H22ClF3N6O2/c1-13-10-34(12-30-13)20-4-3-16(8-22(20)37-2)31-19-7-15(26)11-35-21(9-23(36)32-33-25(19)35)14-5-17(27)24(29)18(28)6-14/h3-6,8,10,12,15,21H,7,9,11H2,1-2H3,(H,32,36). The molecule has 1 N–H and O–H groups in total. The molecule has 1 amide bonds. The van der Waals surface area contributed by atoms with Crippen molar-refractivity contribution in [2.24, 2.45) is 10.1 Å². The number of hydrogen-bond acceptors (Lipinski definition) is 6. The Morgan fingerprint density at radius 3 is 2.59 bits per heavy atom. The predicted molar refractivity (Wildman–Crippen MR) is 132 cm³/mol. The summed E-state index contributed by atoms with van der Waals surface area (Å²) >= 11 is 6.57. The van der Waals surface area contributed by atoms with Crippen molar-refractivity contribution in [1.82, 2.24) is 19.9 Å². The molecule has 0 spiro atoms. The topological polar surface area (TPSA) is 84.1 Å². The molecule has 2 aliphatic rings. The molecule has 8 nitrogen and oxygen atoms in total. The normalized spacial score (nSPS) is 20.8. The molecule has 0 bridgehead atoms. The van der Waals surface area contributed by atoms with Crippen molar-refractivity contribution < 1.29 is 22.7 Å². The molecule has 1 fully saturated rings. The molecule has 1 aromatic heterocycles. The predicted octanol–water partition coefficient (Wildman–Crippen LogP) is 4.57. The average molecular weight is 531 g/mol. The highest BCUT2D eigenvalue weighted by atomic mass is 35.5. The number of rotatable bonds is 4. The summed E-state index contributed by atoms with van der Waals surface area (Å²) in [6, 6.07) is 6.31. The lowest BCUT2D eigenvalue weighted by Gasteiger charge is -2.38. The number of ether oxygens (including phenoxy) is 1. The quantitative estimate of drug-likeness (QED) is 0.396. The van der Waals surface area contributed by atoms with Crippen LogP contribution in [0.5, 0.6) is 5.75 Å². The van der Waals surface area contributed by atoms with Gasteiger partial charge in [0, 0.05) is 25.2 Å². The van der Waals surface area contributed by atoms with Gasteiger partial charge >= 0.3 is 0 Å². The highest BCUT2D eigenvalue weighted by Crippen LogP contribution is 2.34. The van der Waals surface area contributed by atoms with Crippen molar-refractivity contribution in [2.45, 2.75) is 31.2 Å². The first kappa shape index (κ1) is 24.8.